The summed E-state index contributed by atoms with van der Waals surface area (Å²) in [5.41, 5.74) is 2.48. The number of methoxy groups -OCH3 is 1. The van der Waals surface area contributed by atoms with Gasteiger partial charge in [0.25, 0.3) is 0 Å². The molecule has 2 rings (SSSR count). The summed E-state index contributed by atoms with van der Waals surface area (Å²) in [5, 5.41) is 4.10. The maximum Gasteiger partial charge on any atom is 0.150 e. The monoisotopic (exact) mass is 216 g/mol. The van der Waals surface area contributed by atoms with Gasteiger partial charge in [-0.1, -0.05) is 6.07 Å². The number of nitrogens with zero attached hydrogens (tertiary/aromatic N) is 2. The average molecular weight is 216 g/mol. The van der Waals surface area contributed by atoms with E-state index in [1.807, 2.05) is 19.2 Å². The van der Waals surface area contributed by atoms with Crippen molar-refractivity contribution < 1.29 is 9.53 Å². The number of aromatic nitrogens is 2. The van der Waals surface area contributed by atoms with Crippen molar-refractivity contribution in [3.05, 3.63) is 36.0 Å². The topological polar surface area (TPSA) is 44.1 Å². The summed E-state index contributed by atoms with van der Waals surface area (Å²) in [6, 6.07) is 7.24. The van der Waals surface area contributed by atoms with E-state index in [2.05, 4.69) is 5.10 Å². The van der Waals surface area contributed by atoms with Crippen molar-refractivity contribution in [1.82, 2.24) is 9.78 Å². The van der Waals surface area contributed by atoms with Gasteiger partial charge in [0.15, 0.2) is 0 Å². The van der Waals surface area contributed by atoms with Crippen LogP contribution in [0.2, 0.25) is 0 Å². The first kappa shape index (κ1) is 10.4. The molecule has 0 spiro atoms. The summed E-state index contributed by atoms with van der Waals surface area (Å²) in [6.45, 7) is 0. The van der Waals surface area contributed by atoms with E-state index in [0.717, 1.165) is 17.5 Å². The Morgan fingerprint density at radius 1 is 1.38 bits per heavy atom. The van der Waals surface area contributed by atoms with Gasteiger partial charge in [-0.2, -0.15) is 5.10 Å². The lowest BCUT2D eigenvalue weighted by Gasteiger charge is -2.09. The summed E-state index contributed by atoms with van der Waals surface area (Å²) < 4.78 is 7.03. The van der Waals surface area contributed by atoms with Gasteiger partial charge in [-0.3, -0.25) is 9.48 Å². The first-order valence-corrected chi connectivity index (χ1v) is 4.88. The van der Waals surface area contributed by atoms with Crippen LogP contribution >= 0.6 is 0 Å². The standard InChI is InChI=1S/C12H12N2O2/c1-14-11(5-6-13-14)10-4-3-9(8-15)7-12(10)16-2/h3-8H,1-2H3. The Morgan fingerprint density at radius 2 is 2.19 bits per heavy atom. The zero-order chi connectivity index (χ0) is 11.5. The van der Waals surface area contributed by atoms with Gasteiger partial charge in [0.2, 0.25) is 0 Å². The summed E-state index contributed by atoms with van der Waals surface area (Å²) in [7, 11) is 3.45. The van der Waals surface area contributed by atoms with E-state index in [4.69, 9.17) is 4.74 Å². The minimum atomic E-state index is 0.600. The van der Waals surface area contributed by atoms with Crippen LogP contribution in [0.1, 0.15) is 10.4 Å². The quantitative estimate of drug-likeness (QED) is 0.736. The van der Waals surface area contributed by atoms with Crippen LogP contribution in [0.15, 0.2) is 30.5 Å². The molecule has 0 N–H and O–H groups in total. The highest BCUT2D eigenvalue weighted by atomic mass is 16.5. The van der Waals surface area contributed by atoms with Crippen molar-refractivity contribution in [2.75, 3.05) is 7.11 Å². The predicted molar refractivity (Wildman–Crippen MR) is 60.6 cm³/mol. The molecule has 0 aliphatic heterocycles. The molecular weight excluding hydrogens is 204 g/mol. The fraction of sp³-hybridized carbons (Fsp3) is 0.167. The van der Waals surface area contributed by atoms with Gasteiger partial charge < -0.3 is 4.74 Å². The van der Waals surface area contributed by atoms with Gasteiger partial charge in [0, 0.05) is 24.4 Å². The molecule has 2 aromatic rings. The van der Waals surface area contributed by atoms with Crippen molar-refractivity contribution in [1.29, 1.82) is 0 Å². The molecule has 0 saturated heterocycles. The van der Waals surface area contributed by atoms with Gasteiger partial charge in [-0.15, -0.1) is 0 Å². The number of hydrogen-bond acceptors (Lipinski definition) is 3. The Labute approximate surface area is 93.5 Å². The highest BCUT2D eigenvalue weighted by Crippen LogP contribution is 2.29. The van der Waals surface area contributed by atoms with Crippen molar-refractivity contribution in [2.45, 2.75) is 0 Å². The number of aryl methyl sites for hydroxylation is 1. The number of carbonyl (C=O) groups excluding carboxylic acids is 1. The van der Waals surface area contributed by atoms with Crippen LogP contribution in [0.5, 0.6) is 5.75 Å². The molecule has 0 bridgehead atoms. The maximum atomic E-state index is 10.7. The predicted octanol–water partition coefficient (Wildman–Crippen LogP) is 1.91. The minimum absolute atomic E-state index is 0.600. The summed E-state index contributed by atoms with van der Waals surface area (Å²) in [4.78, 5) is 10.7. The van der Waals surface area contributed by atoms with Crippen LogP contribution in [-0.4, -0.2) is 23.2 Å². The lowest BCUT2D eigenvalue weighted by molar-refractivity contribution is 0.112. The molecule has 4 heteroatoms. The highest BCUT2D eigenvalue weighted by Gasteiger charge is 2.09. The van der Waals surface area contributed by atoms with E-state index in [1.54, 1.807) is 30.1 Å². The molecule has 1 aromatic carbocycles. The number of aldehydes is 1. The normalized spacial score (nSPS) is 10.1. The number of benzene rings is 1. The smallest absolute Gasteiger partial charge is 0.150 e. The first-order valence-electron chi connectivity index (χ1n) is 4.88. The second-order valence-electron chi connectivity index (χ2n) is 3.42. The van der Waals surface area contributed by atoms with Crippen LogP contribution in [0.4, 0.5) is 0 Å². The number of hydrogen-bond donors (Lipinski definition) is 0. The van der Waals surface area contributed by atoms with E-state index >= 15 is 0 Å². The lowest BCUT2D eigenvalue weighted by atomic mass is 10.1. The molecule has 0 radical (unpaired) electrons. The third kappa shape index (κ3) is 1.69. The zero-order valence-electron chi connectivity index (χ0n) is 9.18. The van der Waals surface area contributed by atoms with Gasteiger partial charge in [-0.25, -0.2) is 0 Å². The second-order valence-corrected chi connectivity index (χ2v) is 3.42. The molecule has 0 atom stereocenters. The van der Waals surface area contributed by atoms with E-state index in [1.165, 1.54) is 0 Å². The van der Waals surface area contributed by atoms with E-state index in [-0.39, 0.29) is 0 Å². The summed E-state index contributed by atoms with van der Waals surface area (Å²) in [6.07, 6.45) is 2.53. The van der Waals surface area contributed by atoms with Gasteiger partial charge in [-0.05, 0) is 18.2 Å². The third-order valence-corrected chi connectivity index (χ3v) is 2.46. The minimum Gasteiger partial charge on any atom is -0.496 e. The van der Waals surface area contributed by atoms with Gasteiger partial charge in [0.1, 0.15) is 12.0 Å². The molecule has 0 aliphatic carbocycles. The Hall–Kier alpha value is -2.10. The fourth-order valence-corrected chi connectivity index (χ4v) is 1.63. The molecule has 0 amide bonds. The van der Waals surface area contributed by atoms with Crippen LogP contribution in [0.25, 0.3) is 11.3 Å². The average Bonchev–Trinajstić information content (AvgIpc) is 2.74. The summed E-state index contributed by atoms with van der Waals surface area (Å²) >= 11 is 0. The number of carbonyl (C=O) groups is 1. The Kier molecular flexibility index (Phi) is 2.72. The lowest BCUT2D eigenvalue weighted by Crippen LogP contribution is -1.96. The largest absolute Gasteiger partial charge is 0.496 e. The molecule has 1 heterocycles. The molecular formula is C12H12N2O2. The molecule has 4 nitrogen and oxygen atoms in total. The van der Waals surface area contributed by atoms with E-state index in [9.17, 15) is 4.79 Å². The van der Waals surface area contributed by atoms with Gasteiger partial charge >= 0.3 is 0 Å². The van der Waals surface area contributed by atoms with E-state index < -0.39 is 0 Å². The van der Waals surface area contributed by atoms with E-state index in [0.29, 0.717) is 11.3 Å². The molecule has 82 valence electrons. The van der Waals surface area contributed by atoms with Gasteiger partial charge in [0.05, 0.1) is 12.8 Å². The molecule has 0 saturated carbocycles. The molecule has 0 unspecified atom stereocenters. The number of rotatable bonds is 3. The molecule has 0 fully saturated rings. The van der Waals surface area contributed by atoms with Crippen LogP contribution in [0.3, 0.4) is 0 Å². The highest BCUT2D eigenvalue weighted by molar-refractivity contribution is 5.79. The third-order valence-electron chi connectivity index (χ3n) is 2.46. The van der Waals surface area contributed by atoms with Crippen molar-refractivity contribution in [3.8, 4) is 17.0 Å². The molecule has 1 aromatic heterocycles. The number of ether oxygens (including phenoxy) is 1. The molecule has 0 aliphatic rings. The Morgan fingerprint density at radius 3 is 2.75 bits per heavy atom. The Balaban J connectivity index is 2.57. The fourth-order valence-electron chi connectivity index (χ4n) is 1.63. The van der Waals surface area contributed by atoms with Crippen molar-refractivity contribution in [2.24, 2.45) is 7.05 Å². The Bertz CT molecular complexity index is 517. The van der Waals surface area contributed by atoms with Crippen LogP contribution in [-0.2, 0) is 7.05 Å². The summed E-state index contributed by atoms with van der Waals surface area (Å²) in [5.74, 6) is 0.674. The van der Waals surface area contributed by atoms with Crippen LogP contribution < -0.4 is 4.74 Å². The molecule has 16 heavy (non-hydrogen) atoms. The maximum absolute atomic E-state index is 10.7. The second kappa shape index (κ2) is 4.18. The van der Waals surface area contributed by atoms with Crippen LogP contribution in [0, 0.1) is 0 Å². The van der Waals surface area contributed by atoms with Crippen molar-refractivity contribution in [3.63, 3.8) is 0 Å². The SMILES string of the molecule is COc1cc(C=O)ccc1-c1ccnn1C. The zero-order valence-corrected chi connectivity index (χ0v) is 9.18. The van der Waals surface area contributed by atoms with Crippen molar-refractivity contribution >= 4 is 6.29 Å². The first-order chi connectivity index (χ1) is 7.76.